The molecule has 0 aromatic rings. The number of esters is 1. The maximum atomic E-state index is 11.7. The molecule has 10 atom stereocenters. The minimum atomic E-state index is -0.594. The molecule has 0 amide bonds. The van der Waals surface area contributed by atoms with Gasteiger partial charge in [-0.05, 0) is 74.0 Å². The smallest absolute Gasteiger partial charge is 0.305 e. The second-order valence-corrected chi connectivity index (χ2v) is 10.4. The maximum absolute atomic E-state index is 11.7. The average molecular weight is 346 g/mol. The summed E-state index contributed by atoms with van der Waals surface area (Å²) in [7, 11) is 0. The van der Waals surface area contributed by atoms with Crippen molar-refractivity contribution in [2.75, 3.05) is 0 Å². The van der Waals surface area contributed by atoms with E-state index in [0.717, 1.165) is 30.6 Å². The van der Waals surface area contributed by atoms with Gasteiger partial charge in [0, 0.05) is 12.3 Å². The van der Waals surface area contributed by atoms with Crippen molar-refractivity contribution in [1.29, 1.82) is 0 Å². The molecule has 2 heterocycles. The highest BCUT2D eigenvalue weighted by Gasteiger charge is 2.80. The van der Waals surface area contributed by atoms with E-state index in [-0.39, 0.29) is 17.5 Å². The first kappa shape index (κ1) is 15.4. The third-order valence-electron chi connectivity index (χ3n) is 9.54. The lowest BCUT2D eigenvalue weighted by Gasteiger charge is -2.60. The Morgan fingerprint density at radius 1 is 1.08 bits per heavy atom. The van der Waals surface area contributed by atoms with Gasteiger partial charge in [-0.25, -0.2) is 0 Å². The molecule has 0 N–H and O–H groups in total. The predicted octanol–water partition coefficient (Wildman–Crippen LogP) is 3.67. The van der Waals surface area contributed by atoms with Crippen LogP contribution in [-0.4, -0.2) is 30.1 Å². The number of fused-ring (bicyclic) bond motifs is 8. The zero-order valence-electron chi connectivity index (χ0n) is 15.6. The molecule has 0 aromatic carbocycles. The quantitative estimate of drug-likeness (QED) is 0.537. The van der Waals surface area contributed by atoms with Crippen LogP contribution in [0.3, 0.4) is 0 Å². The predicted molar refractivity (Wildman–Crippen MR) is 90.5 cm³/mol. The minimum Gasteiger partial charge on any atom is -0.430 e. The van der Waals surface area contributed by atoms with Gasteiger partial charge in [0.25, 0.3) is 0 Å². The third kappa shape index (κ3) is 1.74. The summed E-state index contributed by atoms with van der Waals surface area (Å²) in [5.41, 5.74) is 0.477. The van der Waals surface area contributed by atoms with Crippen molar-refractivity contribution in [2.45, 2.75) is 89.8 Å². The summed E-state index contributed by atoms with van der Waals surface area (Å²) in [6, 6.07) is 0. The minimum absolute atomic E-state index is 0.0149. The van der Waals surface area contributed by atoms with Crippen LogP contribution in [0.5, 0.6) is 0 Å². The summed E-state index contributed by atoms with van der Waals surface area (Å²) in [6.45, 7) is 6.44. The van der Waals surface area contributed by atoms with Crippen molar-refractivity contribution < 1.29 is 19.0 Å². The van der Waals surface area contributed by atoms with Gasteiger partial charge in [0.15, 0.2) is 0 Å². The van der Waals surface area contributed by atoms with Crippen molar-refractivity contribution in [3.8, 4) is 0 Å². The summed E-state index contributed by atoms with van der Waals surface area (Å²) in [4.78, 5) is 11.7. The fourth-order valence-electron chi connectivity index (χ4n) is 8.24. The summed E-state index contributed by atoms with van der Waals surface area (Å²) in [5.74, 6) is 2.33. The molecule has 0 bridgehead atoms. The zero-order valence-corrected chi connectivity index (χ0v) is 15.6. The van der Waals surface area contributed by atoms with Gasteiger partial charge < -0.3 is 14.2 Å². The van der Waals surface area contributed by atoms with E-state index < -0.39 is 5.79 Å². The molecule has 0 radical (unpaired) electrons. The Balaban J connectivity index is 1.32. The van der Waals surface area contributed by atoms with Gasteiger partial charge in [-0.1, -0.05) is 13.8 Å². The third-order valence-corrected chi connectivity index (χ3v) is 9.54. The van der Waals surface area contributed by atoms with Crippen LogP contribution in [0.1, 0.15) is 65.7 Å². The highest BCUT2D eigenvalue weighted by atomic mass is 16.8. The van der Waals surface area contributed by atoms with E-state index in [4.69, 9.17) is 14.2 Å². The standard InChI is InChI=1S/C21H30O4/c1-11(22)24-21-18(25-21)9-15-13-5-4-12-8-16-17(23-16)10-19(12,2)14(13)6-7-20(15,21)3/h12-18H,4-10H2,1-3H3/t12?,13?,14?,15?,16-,17+,18-,19+,20+,21-/m1/s1. The summed E-state index contributed by atoms with van der Waals surface area (Å²) in [6.07, 6.45) is 10.1. The lowest BCUT2D eigenvalue weighted by molar-refractivity contribution is -0.198. The number of carbonyl (C=O) groups excluding carboxylic acids is 1. The van der Waals surface area contributed by atoms with Crippen molar-refractivity contribution in [1.82, 2.24) is 0 Å². The summed E-state index contributed by atoms with van der Waals surface area (Å²) >= 11 is 0. The fourth-order valence-corrected chi connectivity index (χ4v) is 8.24. The lowest BCUT2D eigenvalue weighted by atomic mass is 9.45. The number of rotatable bonds is 1. The van der Waals surface area contributed by atoms with Gasteiger partial charge in [-0.3, -0.25) is 4.79 Å². The molecule has 2 aliphatic heterocycles. The van der Waals surface area contributed by atoms with Crippen LogP contribution >= 0.6 is 0 Å². The van der Waals surface area contributed by atoms with Crippen molar-refractivity contribution >= 4 is 5.97 Å². The molecule has 4 aliphatic carbocycles. The van der Waals surface area contributed by atoms with E-state index in [2.05, 4.69) is 13.8 Å². The van der Waals surface area contributed by atoms with Gasteiger partial charge in [-0.15, -0.1) is 0 Å². The zero-order chi connectivity index (χ0) is 17.2. The van der Waals surface area contributed by atoms with Crippen LogP contribution in [-0.2, 0) is 19.0 Å². The second kappa shape index (κ2) is 4.44. The number of hydrogen-bond acceptors (Lipinski definition) is 4. The second-order valence-electron chi connectivity index (χ2n) is 10.4. The topological polar surface area (TPSA) is 51.4 Å². The largest absolute Gasteiger partial charge is 0.430 e. The normalized spacial score (nSPS) is 63.4. The van der Waals surface area contributed by atoms with Crippen LogP contribution in [0, 0.1) is 34.5 Å². The van der Waals surface area contributed by atoms with Crippen LogP contribution < -0.4 is 0 Å². The maximum Gasteiger partial charge on any atom is 0.305 e. The van der Waals surface area contributed by atoms with E-state index in [0.29, 0.717) is 23.5 Å². The Hall–Kier alpha value is -0.610. The summed E-state index contributed by atoms with van der Waals surface area (Å²) < 4.78 is 17.7. The van der Waals surface area contributed by atoms with E-state index in [1.165, 1.54) is 39.0 Å². The Labute approximate surface area is 150 Å². The summed E-state index contributed by atoms with van der Waals surface area (Å²) in [5, 5.41) is 0. The van der Waals surface area contributed by atoms with E-state index in [9.17, 15) is 4.79 Å². The molecule has 4 saturated carbocycles. The number of carbonyl (C=O) groups is 1. The first-order valence-electron chi connectivity index (χ1n) is 10.4. The van der Waals surface area contributed by atoms with Gasteiger partial charge in [0.1, 0.15) is 6.10 Å². The van der Waals surface area contributed by atoms with E-state index in [1.54, 1.807) is 0 Å². The molecular formula is C21H30O4. The van der Waals surface area contributed by atoms with E-state index in [1.807, 2.05) is 0 Å². The highest BCUT2D eigenvalue weighted by molar-refractivity contribution is 5.67. The Morgan fingerprint density at radius 3 is 2.72 bits per heavy atom. The molecule has 0 aromatic heterocycles. The average Bonchev–Trinajstić information content (AvgIpc) is 3.42. The SMILES string of the molecule is CC(=O)O[C@@]12O[C@@H]1CC1C3CCC4C[C@H]5O[C@H]5C[C@]4(C)C3CC[C@@]12C. The fraction of sp³-hybridized carbons (Fsp3) is 0.952. The number of hydrogen-bond donors (Lipinski definition) is 0. The number of ether oxygens (including phenoxy) is 3. The lowest BCUT2D eigenvalue weighted by Crippen LogP contribution is -2.56. The van der Waals surface area contributed by atoms with Crippen LogP contribution in [0.2, 0.25) is 0 Å². The molecule has 0 spiro atoms. The van der Waals surface area contributed by atoms with Gasteiger partial charge in [0.2, 0.25) is 5.79 Å². The van der Waals surface area contributed by atoms with Gasteiger partial charge >= 0.3 is 5.97 Å². The van der Waals surface area contributed by atoms with Crippen LogP contribution in [0.4, 0.5) is 0 Å². The molecule has 138 valence electrons. The molecule has 6 fully saturated rings. The van der Waals surface area contributed by atoms with Crippen molar-refractivity contribution in [3.63, 3.8) is 0 Å². The Kier molecular flexibility index (Phi) is 2.74. The highest BCUT2D eigenvalue weighted by Crippen LogP contribution is 2.74. The molecule has 6 rings (SSSR count). The monoisotopic (exact) mass is 346 g/mol. The van der Waals surface area contributed by atoms with Crippen molar-refractivity contribution in [2.24, 2.45) is 34.5 Å². The van der Waals surface area contributed by atoms with Crippen molar-refractivity contribution in [3.05, 3.63) is 0 Å². The van der Waals surface area contributed by atoms with E-state index >= 15 is 0 Å². The van der Waals surface area contributed by atoms with Gasteiger partial charge in [0.05, 0.1) is 12.2 Å². The molecule has 2 saturated heterocycles. The molecule has 4 nitrogen and oxygen atoms in total. The first-order valence-corrected chi connectivity index (χ1v) is 10.4. The van der Waals surface area contributed by atoms with Crippen LogP contribution in [0.15, 0.2) is 0 Å². The first-order chi connectivity index (χ1) is 11.9. The Bertz CT molecular complexity index is 648. The van der Waals surface area contributed by atoms with Crippen LogP contribution in [0.25, 0.3) is 0 Å². The molecule has 4 unspecified atom stereocenters. The van der Waals surface area contributed by atoms with Gasteiger partial charge in [-0.2, -0.15) is 0 Å². The Morgan fingerprint density at radius 2 is 1.92 bits per heavy atom. The molecular weight excluding hydrogens is 316 g/mol. The number of epoxide rings is 2. The molecule has 25 heavy (non-hydrogen) atoms. The molecule has 4 heteroatoms. The molecule has 6 aliphatic rings.